The molecular weight excluding hydrogens is 358 g/mol. The summed E-state index contributed by atoms with van der Waals surface area (Å²) in [6, 6.07) is 12.1. The molecular formula is C22H21NO5. The Balaban J connectivity index is 1.38. The number of hydrogen-bond donors (Lipinski definition) is 1. The molecule has 0 fully saturated rings. The number of methoxy groups -OCH3 is 1. The Morgan fingerprint density at radius 1 is 1.07 bits per heavy atom. The first-order valence-corrected chi connectivity index (χ1v) is 9.29. The topological polar surface area (TPSA) is 77.8 Å². The van der Waals surface area contributed by atoms with E-state index in [4.69, 9.17) is 9.15 Å². The van der Waals surface area contributed by atoms with Gasteiger partial charge in [-0.2, -0.15) is 0 Å². The van der Waals surface area contributed by atoms with Crippen molar-refractivity contribution in [2.24, 2.45) is 0 Å². The van der Waals surface area contributed by atoms with Crippen molar-refractivity contribution >= 4 is 28.5 Å². The Morgan fingerprint density at radius 3 is 2.64 bits per heavy atom. The molecule has 144 valence electrons. The van der Waals surface area contributed by atoms with Gasteiger partial charge in [0.2, 0.25) is 0 Å². The minimum absolute atomic E-state index is 0.107. The van der Waals surface area contributed by atoms with Crippen molar-refractivity contribution < 1.29 is 23.5 Å². The molecule has 0 bridgehead atoms. The lowest BCUT2D eigenvalue weighted by molar-refractivity contribution is -0.118. The molecule has 1 aliphatic rings. The van der Waals surface area contributed by atoms with Crippen molar-refractivity contribution in [2.75, 3.05) is 19.0 Å². The zero-order valence-electron chi connectivity index (χ0n) is 15.6. The van der Waals surface area contributed by atoms with Crippen LogP contribution in [0.15, 0.2) is 46.9 Å². The zero-order valence-corrected chi connectivity index (χ0v) is 15.6. The number of furan rings is 1. The Hall–Kier alpha value is -3.28. The first-order chi connectivity index (χ1) is 13.6. The third-order valence-electron chi connectivity index (χ3n) is 4.89. The van der Waals surface area contributed by atoms with Gasteiger partial charge in [0.1, 0.15) is 17.1 Å². The summed E-state index contributed by atoms with van der Waals surface area (Å²) in [7, 11) is 1.33. The highest BCUT2D eigenvalue weighted by atomic mass is 16.5. The van der Waals surface area contributed by atoms with Crippen LogP contribution in [0.25, 0.3) is 11.0 Å². The molecule has 1 aliphatic carbocycles. The number of esters is 1. The number of nitrogens with one attached hydrogen (secondary N) is 1. The Morgan fingerprint density at radius 2 is 1.86 bits per heavy atom. The van der Waals surface area contributed by atoms with Crippen LogP contribution in [0.2, 0.25) is 0 Å². The maximum atomic E-state index is 12.2. The second-order valence-corrected chi connectivity index (χ2v) is 6.77. The van der Waals surface area contributed by atoms with E-state index < -0.39 is 5.97 Å². The van der Waals surface area contributed by atoms with Gasteiger partial charge in [-0.05, 0) is 61.7 Å². The molecule has 0 spiro atoms. The van der Waals surface area contributed by atoms with Gasteiger partial charge < -0.3 is 19.2 Å². The number of amides is 1. The molecule has 2 aromatic carbocycles. The molecule has 0 radical (unpaired) electrons. The lowest BCUT2D eigenvalue weighted by Crippen LogP contribution is -2.20. The van der Waals surface area contributed by atoms with Gasteiger partial charge in [0, 0.05) is 23.1 Å². The number of fused-ring (bicyclic) bond motifs is 3. The third-order valence-corrected chi connectivity index (χ3v) is 4.89. The molecule has 4 rings (SSSR count). The fraction of sp³-hybridized carbons (Fsp3) is 0.273. The highest BCUT2D eigenvalue weighted by molar-refractivity contribution is 5.93. The van der Waals surface area contributed by atoms with Gasteiger partial charge in [-0.25, -0.2) is 4.79 Å². The van der Waals surface area contributed by atoms with Gasteiger partial charge in [0.15, 0.2) is 6.61 Å². The van der Waals surface area contributed by atoms with Crippen LogP contribution in [0.3, 0.4) is 0 Å². The average Bonchev–Trinajstić information content (AvgIpc) is 3.10. The van der Waals surface area contributed by atoms with Crippen molar-refractivity contribution in [2.45, 2.75) is 25.7 Å². The summed E-state index contributed by atoms with van der Waals surface area (Å²) in [5.74, 6) is 1.02. The second-order valence-electron chi connectivity index (χ2n) is 6.77. The minimum atomic E-state index is -0.418. The van der Waals surface area contributed by atoms with E-state index in [1.165, 1.54) is 19.1 Å². The van der Waals surface area contributed by atoms with Crippen LogP contribution in [0.5, 0.6) is 5.75 Å². The van der Waals surface area contributed by atoms with Crippen LogP contribution >= 0.6 is 0 Å². The molecule has 1 amide bonds. The quantitative estimate of drug-likeness (QED) is 0.675. The van der Waals surface area contributed by atoms with E-state index in [0.717, 1.165) is 36.0 Å². The lowest BCUT2D eigenvalue weighted by Gasteiger charge is -2.10. The van der Waals surface area contributed by atoms with E-state index in [0.29, 0.717) is 17.0 Å². The number of benzene rings is 2. The highest BCUT2D eigenvalue weighted by Crippen LogP contribution is 2.33. The first-order valence-electron chi connectivity index (χ1n) is 9.29. The molecule has 3 aromatic rings. The lowest BCUT2D eigenvalue weighted by atomic mass is 9.96. The SMILES string of the molecule is COC(=O)c1ccc(NC(=O)COc2ccc3oc4c(c3c2)CCCC4)cc1. The summed E-state index contributed by atoms with van der Waals surface area (Å²) in [5, 5.41) is 3.82. The van der Waals surface area contributed by atoms with Crippen molar-refractivity contribution in [3.8, 4) is 5.75 Å². The number of rotatable bonds is 5. The van der Waals surface area contributed by atoms with Crippen LogP contribution in [-0.2, 0) is 22.4 Å². The van der Waals surface area contributed by atoms with Gasteiger partial charge in [-0.3, -0.25) is 4.79 Å². The van der Waals surface area contributed by atoms with Crippen LogP contribution < -0.4 is 10.1 Å². The van der Waals surface area contributed by atoms with E-state index in [9.17, 15) is 9.59 Å². The van der Waals surface area contributed by atoms with E-state index >= 15 is 0 Å². The van der Waals surface area contributed by atoms with E-state index in [2.05, 4.69) is 10.1 Å². The van der Waals surface area contributed by atoms with E-state index in [1.54, 1.807) is 24.3 Å². The van der Waals surface area contributed by atoms with Crippen molar-refractivity contribution in [3.63, 3.8) is 0 Å². The van der Waals surface area contributed by atoms with E-state index in [1.807, 2.05) is 18.2 Å². The fourth-order valence-electron chi connectivity index (χ4n) is 3.49. The smallest absolute Gasteiger partial charge is 0.337 e. The van der Waals surface area contributed by atoms with Gasteiger partial charge in [-0.1, -0.05) is 0 Å². The van der Waals surface area contributed by atoms with Crippen molar-refractivity contribution in [1.29, 1.82) is 0 Å². The van der Waals surface area contributed by atoms with Crippen LogP contribution in [0.1, 0.15) is 34.5 Å². The monoisotopic (exact) mass is 379 g/mol. The number of anilines is 1. The van der Waals surface area contributed by atoms with Crippen molar-refractivity contribution in [1.82, 2.24) is 0 Å². The third kappa shape index (κ3) is 3.71. The predicted molar refractivity (Wildman–Crippen MR) is 105 cm³/mol. The minimum Gasteiger partial charge on any atom is -0.484 e. The maximum absolute atomic E-state index is 12.2. The number of aryl methyl sites for hydroxylation is 2. The summed E-state index contributed by atoms with van der Waals surface area (Å²) >= 11 is 0. The normalized spacial score (nSPS) is 13.0. The van der Waals surface area contributed by atoms with Crippen LogP contribution in [0.4, 0.5) is 5.69 Å². The van der Waals surface area contributed by atoms with E-state index in [-0.39, 0.29) is 12.5 Å². The van der Waals surface area contributed by atoms with Gasteiger partial charge >= 0.3 is 5.97 Å². The number of carbonyl (C=O) groups excluding carboxylic acids is 2. The Kier molecular flexibility index (Phi) is 5.02. The highest BCUT2D eigenvalue weighted by Gasteiger charge is 2.18. The second kappa shape index (κ2) is 7.76. The molecule has 1 heterocycles. The van der Waals surface area contributed by atoms with Crippen molar-refractivity contribution in [3.05, 3.63) is 59.4 Å². The molecule has 0 saturated heterocycles. The van der Waals surface area contributed by atoms with Gasteiger partial charge in [0.25, 0.3) is 5.91 Å². The maximum Gasteiger partial charge on any atom is 0.337 e. The summed E-state index contributed by atoms with van der Waals surface area (Å²) in [5.41, 5.74) is 3.14. The van der Waals surface area contributed by atoms with Gasteiger partial charge in [-0.15, -0.1) is 0 Å². The molecule has 0 atom stereocenters. The fourth-order valence-corrected chi connectivity index (χ4v) is 3.49. The molecule has 0 aliphatic heterocycles. The predicted octanol–water partition coefficient (Wildman–Crippen LogP) is 4.12. The summed E-state index contributed by atoms with van der Waals surface area (Å²) in [6.45, 7) is -0.107. The summed E-state index contributed by atoms with van der Waals surface area (Å²) < 4.78 is 16.2. The molecule has 28 heavy (non-hydrogen) atoms. The molecule has 1 aromatic heterocycles. The molecule has 6 heteroatoms. The summed E-state index contributed by atoms with van der Waals surface area (Å²) in [6.07, 6.45) is 4.34. The Labute approximate surface area is 162 Å². The first kappa shape index (κ1) is 18.1. The number of ether oxygens (including phenoxy) is 2. The number of carbonyl (C=O) groups is 2. The largest absolute Gasteiger partial charge is 0.484 e. The standard InChI is InChI=1S/C22H21NO5/c1-26-22(25)14-6-8-15(9-7-14)23-21(24)13-27-16-10-11-20-18(12-16)17-4-2-3-5-19(17)28-20/h6-12H,2-5,13H2,1H3,(H,23,24). The molecule has 0 unspecified atom stereocenters. The number of hydrogen-bond acceptors (Lipinski definition) is 5. The molecule has 0 saturated carbocycles. The molecule has 6 nitrogen and oxygen atoms in total. The summed E-state index contributed by atoms with van der Waals surface area (Å²) in [4.78, 5) is 23.6. The Bertz CT molecular complexity index is 1020. The average molecular weight is 379 g/mol. The zero-order chi connectivity index (χ0) is 19.5. The molecule has 1 N–H and O–H groups in total. The van der Waals surface area contributed by atoms with Gasteiger partial charge in [0.05, 0.1) is 12.7 Å². The van der Waals surface area contributed by atoms with Crippen LogP contribution in [0, 0.1) is 0 Å². The van der Waals surface area contributed by atoms with Crippen LogP contribution in [-0.4, -0.2) is 25.6 Å².